The number of nitrogens with one attached hydrogen (secondary N) is 2. The summed E-state index contributed by atoms with van der Waals surface area (Å²) in [6.07, 6.45) is 4.52. The fraction of sp³-hybridized carbons (Fsp3) is 0.406. The summed E-state index contributed by atoms with van der Waals surface area (Å²) < 4.78 is 83.3. The summed E-state index contributed by atoms with van der Waals surface area (Å²) in [5.41, 5.74) is 0.405. The van der Waals surface area contributed by atoms with Crippen LogP contribution in [0.3, 0.4) is 0 Å². The Hall–Kier alpha value is -3.53. The highest BCUT2D eigenvalue weighted by Gasteiger charge is 2.29. The quantitative estimate of drug-likeness (QED) is 0.201. The molecule has 2 aromatic carbocycles. The topological polar surface area (TPSA) is 134 Å². The van der Waals surface area contributed by atoms with Gasteiger partial charge >= 0.3 is 0 Å². The first-order valence-electron chi connectivity index (χ1n) is 15.2. The molecule has 3 heterocycles. The van der Waals surface area contributed by atoms with E-state index in [1.807, 2.05) is 25.7 Å². The number of likely N-dealkylation sites (tertiary alicyclic amines) is 1. The Morgan fingerprint density at radius 2 is 1.70 bits per heavy atom. The van der Waals surface area contributed by atoms with Crippen LogP contribution in [0.25, 0.3) is 21.8 Å². The molecule has 0 amide bonds. The van der Waals surface area contributed by atoms with E-state index in [0.717, 1.165) is 11.1 Å². The smallest absolute Gasteiger partial charge is 0.265 e. The summed E-state index contributed by atoms with van der Waals surface area (Å²) >= 11 is 1.36. The first kappa shape index (κ1) is 34.8. The molecule has 0 aliphatic carbocycles. The number of piperidine rings is 1. The average molecular weight is 705 g/mol. The van der Waals surface area contributed by atoms with E-state index < -0.39 is 36.4 Å². The molecule has 1 fully saturated rings. The van der Waals surface area contributed by atoms with Crippen molar-refractivity contribution in [3.05, 3.63) is 70.9 Å². The summed E-state index contributed by atoms with van der Waals surface area (Å²) in [5, 5.41) is 4.07. The molecule has 0 unspecified atom stereocenters. The Morgan fingerprint density at radius 1 is 1.00 bits per heavy atom. The maximum atomic E-state index is 16.3. The lowest BCUT2D eigenvalue weighted by Crippen LogP contribution is -2.41. The van der Waals surface area contributed by atoms with E-state index in [1.54, 1.807) is 19.2 Å². The van der Waals surface area contributed by atoms with Crippen LogP contribution in [0, 0.1) is 11.6 Å². The zero-order valence-electron chi connectivity index (χ0n) is 26.8. The second kappa shape index (κ2) is 13.5. The Morgan fingerprint density at radius 3 is 2.36 bits per heavy atom. The number of hydrogen-bond donors (Lipinski definition) is 2. The van der Waals surface area contributed by atoms with Crippen LogP contribution in [0.1, 0.15) is 51.1 Å². The SMILES string of the molecule is CCc1cccc(F)c1S(=O)(=O)Nc1cccc(-c2nc(C(C)(C)C)sc2-c2ccnc(NC3CCN(CS(C)(=O)=O)CC3)n2)c1F. The highest BCUT2D eigenvalue weighted by Crippen LogP contribution is 2.42. The number of nitrogens with zero attached hydrogens (tertiary/aromatic N) is 4. The minimum absolute atomic E-state index is 0.0259. The molecule has 0 radical (unpaired) electrons. The number of anilines is 2. The lowest BCUT2D eigenvalue weighted by Gasteiger charge is -2.31. The maximum absolute atomic E-state index is 16.3. The average Bonchev–Trinajstić information content (AvgIpc) is 3.44. The fourth-order valence-electron chi connectivity index (χ4n) is 5.39. The Labute approximate surface area is 278 Å². The third kappa shape index (κ3) is 8.13. The van der Waals surface area contributed by atoms with Gasteiger partial charge in [0, 0.05) is 42.6 Å². The van der Waals surface area contributed by atoms with E-state index in [2.05, 4.69) is 15.0 Å². The summed E-state index contributed by atoms with van der Waals surface area (Å²) in [6.45, 7) is 8.92. The van der Waals surface area contributed by atoms with Gasteiger partial charge in [-0.05, 0) is 49.1 Å². The largest absolute Gasteiger partial charge is 0.351 e. The molecular formula is C32H38F2N6O4S3. The number of sulfonamides is 1. The van der Waals surface area contributed by atoms with Crippen molar-refractivity contribution in [2.24, 2.45) is 0 Å². The number of benzene rings is 2. The van der Waals surface area contributed by atoms with Crippen LogP contribution >= 0.6 is 11.3 Å². The van der Waals surface area contributed by atoms with Gasteiger partial charge in [0.05, 0.1) is 27.0 Å². The van der Waals surface area contributed by atoms with Gasteiger partial charge in [0.1, 0.15) is 16.6 Å². The Bertz CT molecular complexity index is 1990. The molecule has 1 aliphatic rings. The highest BCUT2D eigenvalue weighted by molar-refractivity contribution is 7.92. The molecule has 252 valence electrons. The molecule has 0 atom stereocenters. The van der Waals surface area contributed by atoms with Crippen LogP contribution in [-0.2, 0) is 31.7 Å². The standard InChI is InChI=1S/C32H38F2N6O4S3/c1-6-20-9-7-11-23(33)29(20)47(43,44)39-24-12-8-10-22(26(24)34)27-28(45-30(38-27)32(2,3)4)25-13-16-35-31(37-25)36-21-14-17-40(18-15-21)19-46(5,41)42/h7-13,16,21,39H,6,14-15,17-19H2,1-5H3,(H,35,36,37). The van der Waals surface area contributed by atoms with Crippen LogP contribution in [0.4, 0.5) is 20.4 Å². The van der Waals surface area contributed by atoms with Crippen LogP contribution in [0.2, 0.25) is 0 Å². The zero-order valence-corrected chi connectivity index (χ0v) is 29.3. The van der Waals surface area contributed by atoms with Gasteiger partial charge in [-0.2, -0.15) is 0 Å². The first-order valence-corrected chi connectivity index (χ1v) is 19.5. The molecule has 4 aromatic rings. The summed E-state index contributed by atoms with van der Waals surface area (Å²) in [6, 6.07) is 10.1. The summed E-state index contributed by atoms with van der Waals surface area (Å²) in [7, 11) is -7.57. The van der Waals surface area contributed by atoms with E-state index in [0.29, 0.717) is 42.5 Å². The third-order valence-electron chi connectivity index (χ3n) is 7.69. The number of rotatable bonds is 10. The second-order valence-electron chi connectivity index (χ2n) is 12.7. The van der Waals surface area contributed by atoms with Crippen molar-refractivity contribution in [2.45, 2.75) is 63.3 Å². The van der Waals surface area contributed by atoms with Gasteiger partial charge in [0.2, 0.25) is 5.95 Å². The molecule has 15 heteroatoms. The minimum atomic E-state index is -4.47. The Balaban J connectivity index is 1.47. The van der Waals surface area contributed by atoms with Crippen LogP contribution in [0.5, 0.6) is 0 Å². The van der Waals surface area contributed by atoms with Gasteiger partial charge in [-0.1, -0.05) is 45.9 Å². The van der Waals surface area contributed by atoms with Crippen molar-refractivity contribution < 1.29 is 25.6 Å². The van der Waals surface area contributed by atoms with Gasteiger partial charge in [-0.3, -0.25) is 9.62 Å². The molecule has 1 saturated heterocycles. The number of aryl methyl sites for hydroxylation is 1. The molecule has 47 heavy (non-hydrogen) atoms. The predicted molar refractivity (Wildman–Crippen MR) is 182 cm³/mol. The van der Waals surface area contributed by atoms with E-state index >= 15 is 4.39 Å². The lowest BCUT2D eigenvalue weighted by molar-refractivity contribution is 0.249. The van der Waals surface area contributed by atoms with Crippen LogP contribution < -0.4 is 10.0 Å². The van der Waals surface area contributed by atoms with Gasteiger partial charge in [0.15, 0.2) is 15.7 Å². The number of aromatic nitrogens is 3. The van der Waals surface area contributed by atoms with Crippen molar-refractivity contribution in [3.8, 4) is 21.8 Å². The summed E-state index contributed by atoms with van der Waals surface area (Å²) in [5.74, 6) is -1.37. The predicted octanol–water partition coefficient (Wildman–Crippen LogP) is 6.08. The highest BCUT2D eigenvalue weighted by atomic mass is 32.2. The van der Waals surface area contributed by atoms with Gasteiger partial charge in [-0.25, -0.2) is 40.6 Å². The fourth-order valence-corrected chi connectivity index (χ4v) is 8.85. The van der Waals surface area contributed by atoms with E-state index in [-0.39, 0.29) is 46.3 Å². The molecular weight excluding hydrogens is 667 g/mol. The molecule has 1 aliphatic heterocycles. The second-order valence-corrected chi connectivity index (χ2v) is 17.4. The molecule has 0 spiro atoms. The van der Waals surface area contributed by atoms with E-state index in [4.69, 9.17) is 9.97 Å². The number of thiazole rings is 1. The maximum Gasteiger partial charge on any atom is 0.265 e. The van der Waals surface area contributed by atoms with E-state index in [1.165, 1.54) is 47.9 Å². The van der Waals surface area contributed by atoms with Crippen molar-refractivity contribution in [3.63, 3.8) is 0 Å². The van der Waals surface area contributed by atoms with Crippen LogP contribution in [0.15, 0.2) is 53.6 Å². The molecule has 2 aromatic heterocycles. The first-order chi connectivity index (χ1) is 22.1. The van der Waals surface area contributed by atoms with Crippen molar-refractivity contribution in [1.29, 1.82) is 0 Å². The van der Waals surface area contributed by atoms with Crippen molar-refractivity contribution >= 4 is 42.8 Å². The molecule has 0 saturated carbocycles. The third-order valence-corrected chi connectivity index (χ3v) is 11.5. The summed E-state index contributed by atoms with van der Waals surface area (Å²) in [4.78, 5) is 15.9. The molecule has 5 rings (SSSR count). The van der Waals surface area contributed by atoms with Crippen LogP contribution in [-0.4, -0.2) is 68.0 Å². The van der Waals surface area contributed by atoms with E-state index in [9.17, 15) is 21.2 Å². The van der Waals surface area contributed by atoms with Crippen molar-refractivity contribution in [1.82, 2.24) is 19.9 Å². The minimum Gasteiger partial charge on any atom is -0.351 e. The Kier molecular flexibility index (Phi) is 10.0. The molecule has 2 N–H and O–H groups in total. The normalized spacial score (nSPS) is 15.1. The number of sulfone groups is 1. The molecule has 10 nitrogen and oxygen atoms in total. The zero-order chi connectivity index (χ0) is 34.1. The van der Waals surface area contributed by atoms with Gasteiger partial charge in [-0.15, -0.1) is 11.3 Å². The monoisotopic (exact) mass is 704 g/mol. The van der Waals surface area contributed by atoms with Gasteiger partial charge < -0.3 is 5.32 Å². The number of hydrogen-bond acceptors (Lipinski definition) is 10. The molecule has 0 bridgehead atoms. The lowest BCUT2D eigenvalue weighted by atomic mass is 9.98. The van der Waals surface area contributed by atoms with Crippen molar-refractivity contribution in [2.75, 3.05) is 35.3 Å². The number of halogens is 2. The van der Waals surface area contributed by atoms with Gasteiger partial charge in [0.25, 0.3) is 10.0 Å².